The number of sulfone groups is 1. The van der Waals surface area contributed by atoms with Crippen LogP contribution in [-0.4, -0.2) is 60.2 Å². The number of nitriles is 1. The van der Waals surface area contributed by atoms with Crippen molar-refractivity contribution in [2.75, 3.05) is 30.5 Å². The number of hydrogen-bond acceptors (Lipinski definition) is 9. The zero-order valence-electron chi connectivity index (χ0n) is 20.6. The first-order valence-corrected chi connectivity index (χ1v) is 13.9. The molecule has 3 aromatic rings. The predicted molar refractivity (Wildman–Crippen MR) is 135 cm³/mol. The highest BCUT2D eigenvalue weighted by Gasteiger charge is 2.46. The Morgan fingerprint density at radius 3 is 2.84 bits per heavy atom. The lowest BCUT2D eigenvalue weighted by atomic mass is 9.77. The molecule has 0 unspecified atom stereocenters. The van der Waals surface area contributed by atoms with Crippen LogP contribution < -0.4 is 20.1 Å². The van der Waals surface area contributed by atoms with Gasteiger partial charge in [-0.05, 0) is 31.2 Å². The van der Waals surface area contributed by atoms with E-state index in [1.807, 2.05) is 25.1 Å². The van der Waals surface area contributed by atoms with Crippen LogP contribution in [0.25, 0.3) is 5.82 Å². The van der Waals surface area contributed by atoms with Gasteiger partial charge in [0.1, 0.15) is 28.9 Å². The summed E-state index contributed by atoms with van der Waals surface area (Å²) in [5.41, 5.74) is 0.794. The first kappa shape index (κ1) is 25.2. The van der Waals surface area contributed by atoms with Gasteiger partial charge in [0, 0.05) is 36.9 Å². The van der Waals surface area contributed by atoms with Crippen LogP contribution in [0.5, 0.6) is 11.5 Å². The lowest BCUT2D eigenvalue weighted by molar-refractivity contribution is -0.113. The number of hydrogen-bond donors (Lipinski definition) is 2. The summed E-state index contributed by atoms with van der Waals surface area (Å²) in [5.74, 6) is -0.591. The van der Waals surface area contributed by atoms with Crippen LogP contribution >= 0.6 is 0 Å². The van der Waals surface area contributed by atoms with Crippen molar-refractivity contribution in [2.24, 2.45) is 0 Å². The molecule has 5 rings (SSSR count). The Kier molecular flexibility index (Phi) is 6.28. The van der Waals surface area contributed by atoms with Gasteiger partial charge in [-0.3, -0.25) is 9.59 Å². The SMILES string of the molecule is CCOc1ccc2c(c1)OCC[C@@]21Cc2nn(-c3ccc(C#N)cn3)c(NC(=O)CS(C)(=O)=O)c2C(=O)N1. The van der Waals surface area contributed by atoms with Crippen molar-refractivity contribution in [1.82, 2.24) is 20.1 Å². The van der Waals surface area contributed by atoms with E-state index in [0.717, 1.165) is 11.8 Å². The molecule has 196 valence electrons. The zero-order chi connectivity index (χ0) is 27.1. The number of benzene rings is 1. The van der Waals surface area contributed by atoms with Gasteiger partial charge in [0.25, 0.3) is 5.91 Å². The zero-order valence-corrected chi connectivity index (χ0v) is 21.5. The molecule has 1 spiro atoms. The molecule has 2 N–H and O–H groups in total. The lowest BCUT2D eigenvalue weighted by Gasteiger charge is -2.41. The number of ether oxygens (including phenoxy) is 2. The van der Waals surface area contributed by atoms with Crippen LogP contribution in [0.4, 0.5) is 5.82 Å². The number of rotatable bonds is 6. The molecular formula is C25H24N6O6S. The van der Waals surface area contributed by atoms with Crippen molar-refractivity contribution in [1.29, 1.82) is 5.26 Å². The fraction of sp³-hybridized carbons (Fsp3) is 0.320. The molecule has 38 heavy (non-hydrogen) atoms. The van der Waals surface area contributed by atoms with Crippen LogP contribution in [0.1, 0.15) is 40.5 Å². The Hall–Kier alpha value is -4.44. The second kappa shape index (κ2) is 9.46. The standard InChI is InChI=1S/C25H24N6O6S/c1-3-36-16-5-6-17-19(10-16)37-9-8-25(17)11-18-22(24(33)29-25)23(28-21(32)14-38(2,34)35)31(30-18)20-7-4-15(12-26)13-27-20/h4-7,10,13H,3,8-9,11,14H2,1-2H3,(H,28,32)(H,29,33)/t25-/m1/s1. The molecule has 13 heteroatoms. The summed E-state index contributed by atoms with van der Waals surface area (Å²) in [5, 5.41) is 19.4. The lowest BCUT2D eigenvalue weighted by Crippen LogP contribution is -2.53. The van der Waals surface area contributed by atoms with Crippen molar-refractivity contribution in [3.63, 3.8) is 0 Å². The minimum atomic E-state index is -3.63. The van der Waals surface area contributed by atoms with Gasteiger partial charge in [-0.1, -0.05) is 0 Å². The monoisotopic (exact) mass is 536 g/mol. The van der Waals surface area contributed by atoms with Crippen LogP contribution in [0.3, 0.4) is 0 Å². The fourth-order valence-electron chi connectivity index (χ4n) is 4.76. The van der Waals surface area contributed by atoms with E-state index in [1.54, 1.807) is 6.07 Å². The second-order valence-electron chi connectivity index (χ2n) is 9.12. The number of fused-ring (bicyclic) bond motifs is 3. The number of nitrogens with zero attached hydrogens (tertiary/aromatic N) is 4. The van der Waals surface area contributed by atoms with Crippen LogP contribution in [-0.2, 0) is 26.6 Å². The third kappa shape index (κ3) is 4.66. The molecule has 2 aromatic heterocycles. The van der Waals surface area contributed by atoms with E-state index in [9.17, 15) is 18.0 Å². The Labute approximate surface area is 218 Å². The van der Waals surface area contributed by atoms with E-state index in [2.05, 4.69) is 20.7 Å². The Balaban J connectivity index is 1.60. The van der Waals surface area contributed by atoms with Gasteiger partial charge in [-0.2, -0.15) is 15.0 Å². The van der Waals surface area contributed by atoms with Gasteiger partial charge >= 0.3 is 0 Å². The maximum atomic E-state index is 13.6. The molecule has 0 radical (unpaired) electrons. The smallest absolute Gasteiger partial charge is 0.257 e. The van der Waals surface area contributed by atoms with Crippen molar-refractivity contribution in [3.8, 4) is 23.4 Å². The topological polar surface area (TPSA) is 165 Å². The first-order valence-electron chi connectivity index (χ1n) is 11.8. The molecule has 0 bridgehead atoms. The van der Waals surface area contributed by atoms with Gasteiger partial charge < -0.3 is 20.1 Å². The van der Waals surface area contributed by atoms with E-state index < -0.39 is 32.9 Å². The third-order valence-corrected chi connectivity index (χ3v) is 7.10. The van der Waals surface area contributed by atoms with Gasteiger partial charge in [-0.15, -0.1) is 0 Å². The summed E-state index contributed by atoms with van der Waals surface area (Å²) in [4.78, 5) is 30.4. The molecule has 12 nitrogen and oxygen atoms in total. The van der Waals surface area contributed by atoms with E-state index in [1.165, 1.54) is 23.0 Å². The number of anilines is 1. The largest absolute Gasteiger partial charge is 0.494 e. The quantitative estimate of drug-likeness (QED) is 0.475. The molecule has 1 atom stereocenters. The molecule has 2 aliphatic heterocycles. The van der Waals surface area contributed by atoms with Crippen LogP contribution in [0.15, 0.2) is 36.5 Å². The maximum absolute atomic E-state index is 13.6. The van der Waals surface area contributed by atoms with Crippen LogP contribution in [0.2, 0.25) is 0 Å². The van der Waals surface area contributed by atoms with E-state index in [4.69, 9.17) is 14.7 Å². The summed E-state index contributed by atoms with van der Waals surface area (Å²) >= 11 is 0. The van der Waals surface area contributed by atoms with Crippen molar-refractivity contribution in [2.45, 2.75) is 25.3 Å². The third-order valence-electron chi connectivity index (χ3n) is 6.32. The number of carbonyl (C=O) groups excluding carboxylic acids is 2. The molecule has 0 aliphatic carbocycles. The summed E-state index contributed by atoms with van der Waals surface area (Å²) < 4.78 is 36.2. The Bertz CT molecular complexity index is 1590. The normalized spacial score (nSPS) is 18.0. The molecule has 0 fully saturated rings. The predicted octanol–water partition coefficient (Wildman–Crippen LogP) is 1.48. The molecule has 2 amide bonds. The summed E-state index contributed by atoms with van der Waals surface area (Å²) in [6.07, 6.45) is 3.05. The van der Waals surface area contributed by atoms with Crippen molar-refractivity contribution < 1.29 is 27.5 Å². The minimum Gasteiger partial charge on any atom is -0.494 e. The van der Waals surface area contributed by atoms with Gasteiger partial charge in [0.2, 0.25) is 5.91 Å². The van der Waals surface area contributed by atoms with Gasteiger partial charge in [0.05, 0.1) is 30.0 Å². The van der Waals surface area contributed by atoms with Gasteiger partial charge in [-0.25, -0.2) is 13.4 Å². The van der Waals surface area contributed by atoms with E-state index in [-0.39, 0.29) is 23.6 Å². The first-order chi connectivity index (χ1) is 18.1. The Morgan fingerprint density at radius 1 is 1.34 bits per heavy atom. The number of aromatic nitrogens is 3. The van der Waals surface area contributed by atoms with E-state index in [0.29, 0.717) is 42.4 Å². The highest BCUT2D eigenvalue weighted by Crippen LogP contribution is 2.44. The number of carbonyl (C=O) groups is 2. The molecule has 2 aliphatic rings. The van der Waals surface area contributed by atoms with Gasteiger partial charge in [0.15, 0.2) is 21.5 Å². The van der Waals surface area contributed by atoms with Crippen molar-refractivity contribution in [3.05, 3.63) is 58.9 Å². The molecule has 0 saturated heterocycles. The summed E-state index contributed by atoms with van der Waals surface area (Å²) in [6, 6.07) is 10.5. The fourth-order valence-corrected chi connectivity index (χ4v) is 5.31. The molecule has 4 heterocycles. The Morgan fingerprint density at radius 2 is 2.16 bits per heavy atom. The number of pyridine rings is 1. The molecular weight excluding hydrogens is 512 g/mol. The minimum absolute atomic E-state index is 0.00261. The summed E-state index contributed by atoms with van der Waals surface area (Å²) in [7, 11) is -3.63. The van der Waals surface area contributed by atoms with Crippen LogP contribution in [0, 0.1) is 11.3 Å². The average molecular weight is 537 g/mol. The van der Waals surface area contributed by atoms with E-state index >= 15 is 0 Å². The average Bonchev–Trinajstić information content (AvgIpc) is 3.21. The highest BCUT2D eigenvalue weighted by molar-refractivity contribution is 7.91. The number of nitrogens with one attached hydrogen (secondary N) is 2. The molecule has 0 saturated carbocycles. The second-order valence-corrected chi connectivity index (χ2v) is 11.3. The summed E-state index contributed by atoms with van der Waals surface area (Å²) in [6.45, 7) is 2.74. The maximum Gasteiger partial charge on any atom is 0.257 e. The molecule has 1 aromatic carbocycles. The van der Waals surface area contributed by atoms with Crippen molar-refractivity contribution >= 4 is 27.5 Å². The highest BCUT2D eigenvalue weighted by atomic mass is 32.2. The number of amides is 2.